The second-order valence-electron chi connectivity index (χ2n) is 4.89. The number of nitrogens with one attached hydrogen (secondary N) is 2. The Morgan fingerprint density at radius 3 is 3.16 bits per heavy atom. The molecule has 2 N–H and O–H groups in total. The van der Waals surface area contributed by atoms with Gasteiger partial charge in [0, 0.05) is 17.6 Å². The van der Waals surface area contributed by atoms with Crippen LogP contribution >= 0.6 is 27.5 Å². The standard InChI is InChI=1S/C14H15BrClN3/c15-12-7-18-19-14(12)8-17-10-5-4-9-2-1-3-13(16)11(9)6-10/h1-3,7,10,17H,4-6,8H2,(H,18,19). The quantitative estimate of drug-likeness (QED) is 0.898. The number of aromatic amines is 1. The van der Waals surface area contributed by atoms with Crippen LogP contribution in [0, 0.1) is 0 Å². The molecule has 5 heteroatoms. The molecule has 1 heterocycles. The maximum Gasteiger partial charge on any atom is 0.0633 e. The van der Waals surface area contributed by atoms with Gasteiger partial charge in [0.1, 0.15) is 0 Å². The number of fused-ring (bicyclic) bond motifs is 1. The number of hydrogen-bond acceptors (Lipinski definition) is 2. The lowest BCUT2D eigenvalue weighted by molar-refractivity contribution is 0.454. The first-order chi connectivity index (χ1) is 9.24. The summed E-state index contributed by atoms with van der Waals surface area (Å²) in [4.78, 5) is 0. The summed E-state index contributed by atoms with van der Waals surface area (Å²) in [5.41, 5.74) is 3.79. The molecule has 0 spiro atoms. The third kappa shape index (κ3) is 2.86. The van der Waals surface area contributed by atoms with Crippen LogP contribution in [0.3, 0.4) is 0 Å². The molecule has 0 saturated heterocycles. The molecule has 1 atom stereocenters. The van der Waals surface area contributed by atoms with Gasteiger partial charge in [-0.2, -0.15) is 5.10 Å². The van der Waals surface area contributed by atoms with E-state index in [0.717, 1.165) is 41.0 Å². The summed E-state index contributed by atoms with van der Waals surface area (Å²) in [5, 5.41) is 11.5. The molecule has 0 amide bonds. The normalized spacial score (nSPS) is 18.3. The molecule has 19 heavy (non-hydrogen) atoms. The van der Waals surface area contributed by atoms with Gasteiger partial charge in [-0.25, -0.2) is 0 Å². The van der Waals surface area contributed by atoms with Crippen molar-refractivity contribution in [1.82, 2.24) is 15.5 Å². The van der Waals surface area contributed by atoms with Crippen LogP contribution in [0.1, 0.15) is 23.2 Å². The smallest absolute Gasteiger partial charge is 0.0633 e. The molecule has 0 radical (unpaired) electrons. The maximum atomic E-state index is 6.28. The summed E-state index contributed by atoms with van der Waals surface area (Å²) in [6.07, 6.45) is 5.03. The molecule has 1 aliphatic carbocycles. The number of H-pyrrole nitrogens is 1. The van der Waals surface area contributed by atoms with E-state index in [1.807, 2.05) is 12.1 Å². The van der Waals surface area contributed by atoms with Crippen molar-refractivity contribution in [2.75, 3.05) is 0 Å². The highest BCUT2D eigenvalue weighted by molar-refractivity contribution is 9.10. The van der Waals surface area contributed by atoms with Crippen molar-refractivity contribution in [1.29, 1.82) is 0 Å². The fourth-order valence-electron chi connectivity index (χ4n) is 2.59. The zero-order valence-corrected chi connectivity index (χ0v) is 12.8. The predicted octanol–water partition coefficient (Wildman–Crippen LogP) is 3.47. The van der Waals surface area contributed by atoms with Gasteiger partial charge < -0.3 is 5.32 Å². The molecule has 3 nitrogen and oxygen atoms in total. The molecule has 1 aromatic heterocycles. The second-order valence-corrected chi connectivity index (χ2v) is 6.16. The van der Waals surface area contributed by atoms with Crippen molar-refractivity contribution in [3.05, 3.63) is 50.7 Å². The summed E-state index contributed by atoms with van der Waals surface area (Å²) >= 11 is 9.75. The molecular weight excluding hydrogens is 326 g/mol. The summed E-state index contributed by atoms with van der Waals surface area (Å²) in [6.45, 7) is 0.797. The molecule has 1 unspecified atom stereocenters. The minimum absolute atomic E-state index is 0.475. The van der Waals surface area contributed by atoms with E-state index in [1.165, 1.54) is 11.1 Å². The van der Waals surface area contributed by atoms with E-state index >= 15 is 0 Å². The van der Waals surface area contributed by atoms with Crippen LogP contribution < -0.4 is 5.32 Å². The molecular formula is C14H15BrClN3. The van der Waals surface area contributed by atoms with Crippen molar-refractivity contribution in [2.45, 2.75) is 31.8 Å². The number of aromatic nitrogens is 2. The number of nitrogens with zero attached hydrogens (tertiary/aromatic N) is 1. The summed E-state index contributed by atoms with van der Waals surface area (Å²) in [5.74, 6) is 0. The number of halogens is 2. The number of hydrogen-bond donors (Lipinski definition) is 2. The van der Waals surface area contributed by atoms with E-state index in [9.17, 15) is 0 Å². The predicted molar refractivity (Wildman–Crippen MR) is 80.4 cm³/mol. The third-order valence-electron chi connectivity index (χ3n) is 3.66. The van der Waals surface area contributed by atoms with Crippen molar-refractivity contribution in [3.8, 4) is 0 Å². The van der Waals surface area contributed by atoms with Crippen molar-refractivity contribution < 1.29 is 0 Å². The Hall–Kier alpha value is -0.840. The molecule has 2 aromatic rings. The average molecular weight is 341 g/mol. The van der Waals surface area contributed by atoms with Gasteiger partial charge in [-0.05, 0) is 52.4 Å². The first kappa shape index (κ1) is 13.2. The molecule has 0 bridgehead atoms. The Morgan fingerprint density at radius 2 is 2.37 bits per heavy atom. The van der Waals surface area contributed by atoms with E-state index in [1.54, 1.807) is 6.20 Å². The molecule has 3 rings (SSSR count). The minimum Gasteiger partial charge on any atom is -0.308 e. The maximum absolute atomic E-state index is 6.28. The topological polar surface area (TPSA) is 40.7 Å². The average Bonchev–Trinajstić information content (AvgIpc) is 2.83. The largest absolute Gasteiger partial charge is 0.308 e. The number of aryl methyl sites for hydroxylation is 1. The van der Waals surface area contributed by atoms with E-state index in [-0.39, 0.29) is 0 Å². The molecule has 1 aromatic carbocycles. The highest BCUT2D eigenvalue weighted by atomic mass is 79.9. The summed E-state index contributed by atoms with van der Waals surface area (Å²) in [6, 6.07) is 6.68. The van der Waals surface area contributed by atoms with Gasteiger partial charge in [-0.1, -0.05) is 23.7 Å². The van der Waals surface area contributed by atoms with Gasteiger partial charge in [-0.15, -0.1) is 0 Å². The van der Waals surface area contributed by atoms with Gasteiger partial charge >= 0.3 is 0 Å². The van der Waals surface area contributed by atoms with Crippen molar-refractivity contribution in [3.63, 3.8) is 0 Å². The highest BCUT2D eigenvalue weighted by Crippen LogP contribution is 2.28. The zero-order chi connectivity index (χ0) is 13.2. The molecule has 1 aliphatic rings. The van der Waals surface area contributed by atoms with Gasteiger partial charge in [0.15, 0.2) is 0 Å². The Balaban J connectivity index is 1.66. The van der Waals surface area contributed by atoms with E-state index in [2.05, 4.69) is 37.5 Å². The summed E-state index contributed by atoms with van der Waals surface area (Å²) < 4.78 is 1.02. The van der Waals surface area contributed by atoms with Gasteiger partial charge in [-0.3, -0.25) is 5.10 Å². The Morgan fingerprint density at radius 1 is 1.47 bits per heavy atom. The zero-order valence-electron chi connectivity index (χ0n) is 10.4. The van der Waals surface area contributed by atoms with Crippen LogP contribution in [-0.4, -0.2) is 16.2 Å². The van der Waals surface area contributed by atoms with Crippen molar-refractivity contribution >= 4 is 27.5 Å². The Bertz CT molecular complexity index is 582. The SMILES string of the molecule is Clc1cccc2c1CC(NCc1[nH]ncc1Br)CC2. The van der Waals surface area contributed by atoms with Gasteiger partial charge in [0.25, 0.3) is 0 Å². The minimum atomic E-state index is 0.475. The molecule has 100 valence electrons. The van der Waals surface area contributed by atoms with Crippen LogP contribution in [0.4, 0.5) is 0 Å². The lowest BCUT2D eigenvalue weighted by Gasteiger charge is -2.26. The first-order valence-electron chi connectivity index (χ1n) is 6.41. The van der Waals surface area contributed by atoms with Crippen LogP contribution in [0.25, 0.3) is 0 Å². The first-order valence-corrected chi connectivity index (χ1v) is 7.58. The van der Waals surface area contributed by atoms with Crippen molar-refractivity contribution in [2.24, 2.45) is 0 Å². The van der Waals surface area contributed by atoms with Crippen LogP contribution in [-0.2, 0) is 19.4 Å². The van der Waals surface area contributed by atoms with Crippen LogP contribution in [0.2, 0.25) is 5.02 Å². The van der Waals surface area contributed by atoms with E-state index in [4.69, 9.17) is 11.6 Å². The Labute approximate surface area is 125 Å². The van der Waals surface area contributed by atoms with Crippen LogP contribution in [0.5, 0.6) is 0 Å². The number of rotatable bonds is 3. The lowest BCUT2D eigenvalue weighted by atomic mass is 9.88. The summed E-state index contributed by atoms with van der Waals surface area (Å²) in [7, 11) is 0. The van der Waals surface area contributed by atoms with Gasteiger partial charge in [0.05, 0.1) is 16.4 Å². The van der Waals surface area contributed by atoms with E-state index < -0.39 is 0 Å². The third-order valence-corrected chi connectivity index (χ3v) is 4.70. The molecule has 0 saturated carbocycles. The monoisotopic (exact) mass is 339 g/mol. The second kappa shape index (κ2) is 5.65. The van der Waals surface area contributed by atoms with Crippen LogP contribution in [0.15, 0.2) is 28.9 Å². The molecule has 0 aliphatic heterocycles. The van der Waals surface area contributed by atoms with Gasteiger partial charge in [0.2, 0.25) is 0 Å². The lowest BCUT2D eigenvalue weighted by Crippen LogP contribution is -2.34. The van der Waals surface area contributed by atoms with E-state index in [0.29, 0.717) is 6.04 Å². The number of benzene rings is 1. The molecule has 0 fully saturated rings. The fraction of sp³-hybridized carbons (Fsp3) is 0.357. The Kier molecular flexibility index (Phi) is 3.91. The fourth-order valence-corrected chi connectivity index (χ4v) is 3.19. The highest BCUT2D eigenvalue weighted by Gasteiger charge is 2.20.